The Balaban J connectivity index is 1.48. The van der Waals surface area contributed by atoms with E-state index in [2.05, 4.69) is 5.32 Å². The molecule has 1 saturated heterocycles. The van der Waals surface area contributed by atoms with Gasteiger partial charge in [-0.1, -0.05) is 31.0 Å². The Bertz CT molecular complexity index is 1070. The van der Waals surface area contributed by atoms with Crippen molar-refractivity contribution in [1.82, 2.24) is 19.2 Å². The summed E-state index contributed by atoms with van der Waals surface area (Å²) < 4.78 is 34.9. The lowest BCUT2D eigenvalue weighted by Gasteiger charge is -2.26. The molecular formula is C23H34N4O4S2. The monoisotopic (exact) mass is 494 g/mol. The first-order valence-corrected chi connectivity index (χ1v) is 14.2. The number of benzene rings is 1. The summed E-state index contributed by atoms with van der Waals surface area (Å²) >= 11 is 1.42. The van der Waals surface area contributed by atoms with E-state index in [4.69, 9.17) is 9.72 Å². The summed E-state index contributed by atoms with van der Waals surface area (Å²) in [5.74, 6) is 0.614. The zero-order valence-electron chi connectivity index (χ0n) is 19.5. The van der Waals surface area contributed by atoms with Gasteiger partial charge in [-0.3, -0.25) is 4.79 Å². The maximum absolute atomic E-state index is 13.0. The minimum atomic E-state index is -3.59. The number of ether oxygens (including phenoxy) is 1. The van der Waals surface area contributed by atoms with Gasteiger partial charge >= 0.3 is 0 Å². The standard InChI is InChI=1S/C23H34N4O4S2/c1-3-27-21-10-9-19(33(29,30)26-11-13-31-14-12-26)15-20(21)25-23(27)32-17(2)22(28)24-16-18-7-5-4-6-8-18/h9-10,15,17-18H,3-8,11-14,16H2,1-2H3,(H,24,28). The van der Waals surface area contributed by atoms with E-state index in [-0.39, 0.29) is 16.1 Å². The maximum atomic E-state index is 13.0. The molecule has 33 heavy (non-hydrogen) atoms. The lowest BCUT2D eigenvalue weighted by molar-refractivity contribution is -0.120. The molecule has 2 aromatic rings. The van der Waals surface area contributed by atoms with Gasteiger partial charge in [-0.15, -0.1) is 0 Å². The molecule has 0 bridgehead atoms. The van der Waals surface area contributed by atoms with Crippen LogP contribution in [0.2, 0.25) is 0 Å². The number of carbonyl (C=O) groups excluding carboxylic acids is 1. The van der Waals surface area contributed by atoms with Crippen LogP contribution in [0.1, 0.15) is 46.0 Å². The van der Waals surface area contributed by atoms with E-state index in [0.717, 1.165) is 17.2 Å². The largest absolute Gasteiger partial charge is 0.379 e. The fraction of sp³-hybridized carbons (Fsp3) is 0.652. The minimum absolute atomic E-state index is 0.0240. The predicted molar refractivity (Wildman–Crippen MR) is 130 cm³/mol. The first kappa shape index (κ1) is 24.5. The second-order valence-electron chi connectivity index (χ2n) is 8.81. The number of hydrogen-bond donors (Lipinski definition) is 1. The molecule has 1 N–H and O–H groups in total. The summed E-state index contributed by atoms with van der Waals surface area (Å²) in [6.45, 7) is 6.89. The normalized spacial score (nSPS) is 19.6. The van der Waals surface area contributed by atoms with Crippen LogP contribution in [0.4, 0.5) is 0 Å². The van der Waals surface area contributed by atoms with Crippen LogP contribution in [0.15, 0.2) is 28.3 Å². The topological polar surface area (TPSA) is 93.5 Å². The summed E-state index contributed by atoms with van der Waals surface area (Å²) in [4.78, 5) is 17.7. The Morgan fingerprint density at radius 2 is 1.97 bits per heavy atom. The average Bonchev–Trinajstić information content (AvgIpc) is 3.19. The molecule has 0 radical (unpaired) electrons. The van der Waals surface area contributed by atoms with Gasteiger partial charge in [0.15, 0.2) is 5.16 Å². The predicted octanol–water partition coefficient (Wildman–Crippen LogP) is 3.25. The van der Waals surface area contributed by atoms with Crippen molar-refractivity contribution in [3.8, 4) is 0 Å². The Morgan fingerprint density at radius 1 is 1.24 bits per heavy atom. The molecule has 1 saturated carbocycles. The molecule has 1 atom stereocenters. The second kappa shape index (κ2) is 10.8. The number of aromatic nitrogens is 2. The van der Waals surface area contributed by atoms with E-state index >= 15 is 0 Å². The fourth-order valence-electron chi connectivity index (χ4n) is 4.57. The van der Waals surface area contributed by atoms with Gasteiger partial charge in [-0.25, -0.2) is 13.4 Å². The third-order valence-corrected chi connectivity index (χ3v) is 9.53. The van der Waals surface area contributed by atoms with Crippen LogP contribution in [0.3, 0.4) is 0 Å². The highest BCUT2D eigenvalue weighted by atomic mass is 32.2. The quantitative estimate of drug-likeness (QED) is 0.566. The molecule has 1 aromatic carbocycles. The minimum Gasteiger partial charge on any atom is -0.379 e. The smallest absolute Gasteiger partial charge is 0.243 e. The molecule has 2 aliphatic rings. The van der Waals surface area contributed by atoms with Crippen LogP contribution in [-0.4, -0.2) is 66.3 Å². The second-order valence-corrected chi connectivity index (χ2v) is 12.1. The Morgan fingerprint density at radius 3 is 2.67 bits per heavy atom. The van der Waals surface area contributed by atoms with E-state index < -0.39 is 10.0 Å². The lowest BCUT2D eigenvalue weighted by Crippen LogP contribution is -2.40. The maximum Gasteiger partial charge on any atom is 0.243 e. The van der Waals surface area contributed by atoms with Crippen molar-refractivity contribution in [3.05, 3.63) is 18.2 Å². The van der Waals surface area contributed by atoms with Crippen molar-refractivity contribution in [2.24, 2.45) is 5.92 Å². The number of amides is 1. The van der Waals surface area contributed by atoms with Gasteiger partial charge in [0, 0.05) is 26.2 Å². The van der Waals surface area contributed by atoms with Crippen LogP contribution in [0.5, 0.6) is 0 Å². The van der Waals surface area contributed by atoms with Crippen LogP contribution < -0.4 is 5.32 Å². The molecule has 10 heteroatoms. The van der Waals surface area contributed by atoms with Gasteiger partial charge in [-0.05, 0) is 50.8 Å². The number of rotatable bonds is 8. The number of imidazole rings is 1. The van der Waals surface area contributed by atoms with Gasteiger partial charge < -0.3 is 14.6 Å². The molecule has 0 spiro atoms. The van der Waals surface area contributed by atoms with Crippen molar-refractivity contribution < 1.29 is 17.9 Å². The van der Waals surface area contributed by atoms with E-state index in [0.29, 0.717) is 44.3 Å². The Kier molecular flexibility index (Phi) is 7.99. The molecular weight excluding hydrogens is 460 g/mol. The number of sulfonamides is 1. The summed E-state index contributed by atoms with van der Waals surface area (Å²) in [7, 11) is -3.59. The molecule has 2 heterocycles. The first-order valence-electron chi connectivity index (χ1n) is 11.9. The molecule has 4 rings (SSSR count). The van der Waals surface area contributed by atoms with Gasteiger partial charge in [0.1, 0.15) is 0 Å². The van der Waals surface area contributed by atoms with Crippen molar-refractivity contribution in [2.75, 3.05) is 32.8 Å². The number of aryl methyl sites for hydroxylation is 1. The highest BCUT2D eigenvalue weighted by Crippen LogP contribution is 2.30. The number of hydrogen-bond acceptors (Lipinski definition) is 6. The lowest BCUT2D eigenvalue weighted by atomic mass is 9.89. The van der Waals surface area contributed by atoms with Crippen molar-refractivity contribution in [2.45, 2.75) is 67.8 Å². The van der Waals surface area contributed by atoms with Crippen LogP contribution in [-0.2, 0) is 26.1 Å². The number of nitrogens with one attached hydrogen (secondary N) is 1. The Labute approximate surface area is 200 Å². The number of fused-ring (bicyclic) bond motifs is 1. The molecule has 1 aromatic heterocycles. The molecule has 1 amide bonds. The zero-order valence-corrected chi connectivity index (χ0v) is 21.1. The van der Waals surface area contributed by atoms with Gasteiger partial charge in [0.05, 0.1) is 34.4 Å². The number of carbonyl (C=O) groups is 1. The average molecular weight is 495 g/mol. The first-order chi connectivity index (χ1) is 15.9. The fourth-order valence-corrected chi connectivity index (χ4v) is 7.01. The van der Waals surface area contributed by atoms with Gasteiger partial charge in [0.2, 0.25) is 15.9 Å². The molecule has 1 aliphatic carbocycles. The van der Waals surface area contributed by atoms with Crippen LogP contribution >= 0.6 is 11.8 Å². The third-order valence-electron chi connectivity index (χ3n) is 6.55. The molecule has 2 fully saturated rings. The highest BCUT2D eigenvalue weighted by molar-refractivity contribution is 8.00. The van der Waals surface area contributed by atoms with E-state index in [1.54, 1.807) is 12.1 Å². The number of morpholine rings is 1. The molecule has 182 valence electrons. The SMILES string of the molecule is CCn1c(SC(C)C(=O)NCC2CCCCC2)nc2cc(S(=O)(=O)N3CCOCC3)ccc21. The van der Waals surface area contributed by atoms with Crippen LogP contribution in [0.25, 0.3) is 11.0 Å². The molecule has 1 unspecified atom stereocenters. The van der Waals surface area contributed by atoms with Crippen molar-refractivity contribution in [3.63, 3.8) is 0 Å². The highest BCUT2D eigenvalue weighted by Gasteiger charge is 2.27. The van der Waals surface area contributed by atoms with Crippen molar-refractivity contribution in [1.29, 1.82) is 0 Å². The zero-order chi connectivity index (χ0) is 23.4. The summed E-state index contributed by atoms with van der Waals surface area (Å²) in [5, 5.41) is 3.56. The van der Waals surface area contributed by atoms with E-state index in [1.165, 1.54) is 48.2 Å². The molecule has 8 nitrogen and oxygen atoms in total. The van der Waals surface area contributed by atoms with Crippen molar-refractivity contribution >= 4 is 38.7 Å². The summed E-state index contributed by atoms with van der Waals surface area (Å²) in [5.41, 5.74) is 1.50. The Hall–Kier alpha value is -1.62. The number of thioether (sulfide) groups is 1. The summed E-state index contributed by atoms with van der Waals surface area (Å²) in [6.07, 6.45) is 6.22. The third kappa shape index (κ3) is 5.55. The summed E-state index contributed by atoms with van der Waals surface area (Å²) in [6, 6.07) is 5.11. The van der Waals surface area contributed by atoms with Gasteiger partial charge in [0.25, 0.3) is 0 Å². The number of nitrogens with zero attached hydrogens (tertiary/aromatic N) is 3. The van der Waals surface area contributed by atoms with E-state index in [9.17, 15) is 13.2 Å². The van der Waals surface area contributed by atoms with Crippen LogP contribution in [0, 0.1) is 5.92 Å². The van der Waals surface area contributed by atoms with Gasteiger partial charge in [-0.2, -0.15) is 4.31 Å². The van der Waals surface area contributed by atoms with E-state index in [1.807, 2.05) is 24.5 Å². The molecule has 1 aliphatic heterocycles.